The van der Waals surface area contributed by atoms with Gasteiger partial charge in [0.15, 0.2) is 0 Å². The van der Waals surface area contributed by atoms with E-state index < -0.39 is 0 Å². The Hall–Kier alpha value is -0.120. The summed E-state index contributed by atoms with van der Waals surface area (Å²) in [5.74, 6) is 1.30. The van der Waals surface area contributed by atoms with Gasteiger partial charge in [-0.25, -0.2) is 0 Å². The van der Waals surface area contributed by atoms with Crippen molar-refractivity contribution in [1.29, 1.82) is 0 Å². The van der Waals surface area contributed by atoms with E-state index in [2.05, 4.69) is 48.5 Å². The summed E-state index contributed by atoms with van der Waals surface area (Å²) < 4.78 is 18.2. The van der Waals surface area contributed by atoms with Crippen LogP contribution in [0.5, 0.6) is 0 Å². The van der Waals surface area contributed by atoms with Crippen LogP contribution in [-0.2, 0) is 14.2 Å². The van der Waals surface area contributed by atoms with Gasteiger partial charge in [-0.2, -0.15) is 0 Å². The normalized spacial score (nSPS) is 15.6. The summed E-state index contributed by atoms with van der Waals surface area (Å²) in [4.78, 5) is 0. The third-order valence-corrected chi connectivity index (χ3v) is 5.24. The lowest BCUT2D eigenvalue weighted by atomic mass is 9.98. The zero-order chi connectivity index (χ0) is 19.8. The number of ether oxygens (including phenoxy) is 3. The summed E-state index contributed by atoms with van der Waals surface area (Å²) >= 11 is 0. The smallest absolute Gasteiger partial charge is 0.0698 e. The van der Waals surface area contributed by atoms with Crippen LogP contribution in [0.15, 0.2) is 0 Å². The molecule has 3 nitrogen and oxygen atoms in total. The van der Waals surface area contributed by atoms with E-state index in [1.165, 1.54) is 32.1 Å². The van der Waals surface area contributed by atoms with Crippen molar-refractivity contribution in [3.05, 3.63) is 0 Å². The molecule has 0 aromatic heterocycles. The Kier molecular flexibility index (Phi) is 15.8. The first-order chi connectivity index (χ1) is 12.3. The summed E-state index contributed by atoms with van der Waals surface area (Å²) in [6.45, 7) is 18.8. The van der Waals surface area contributed by atoms with Gasteiger partial charge in [0.25, 0.3) is 0 Å². The Morgan fingerprint density at radius 2 is 1.46 bits per heavy atom. The highest BCUT2D eigenvalue weighted by Crippen LogP contribution is 2.22. The van der Waals surface area contributed by atoms with E-state index >= 15 is 0 Å². The topological polar surface area (TPSA) is 27.7 Å². The second-order valence-electron chi connectivity index (χ2n) is 8.83. The van der Waals surface area contributed by atoms with Crippen LogP contribution in [0.2, 0.25) is 0 Å². The van der Waals surface area contributed by atoms with Crippen LogP contribution < -0.4 is 0 Å². The van der Waals surface area contributed by atoms with E-state index in [1.54, 1.807) is 0 Å². The molecule has 0 aromatic carbocycles. The zero-order valence-corrected chi connectivity index (χ0v) is 18.9. The van der Waals surface area contributed by atoms with Gasteiger partial charge in [-0.1, -0.05) is 53.9 Å². The predicted octanol–water partition coefficient (Wildman–Crippen LogP) is 6.64. The van der Waals surface area contributed by atoms with Crippen molar-refractivity contribution >= 4 is 0 Å². The number of hydrogen-bond donors (Lipinski definition) is 0. The Labute approximate surface area is 164 Å². The van der Waals surface area contributed by atoms with E-state index in [-0.39, 0.29) is 5.60 Å². The Morgan fingerprint density at radius 1 is 0.769 bits per heavy atom. The van der Waals surface area contributed by atoms with Gasteiger partial charge in [0, 0.05) is 26.4 Å². The van der Waals surface area contributed by atoms with E-state index in [0.29, 0.717) is 12.0 Å². The van der Waals surface area contributed by atoms with Crippen molar-refractivity contribution in [2.24, 2.45) is 11.8 Å². The minimum atomic E-state index is -0.142. The standard InChI is InChI=1S/C23H48O3/c1-8-9-10-11-16-24-18-14-23(7,26-17-12-13-20(2)3)15-19-25-22(6)21(4)5/h20-22H,8-19H2,1-7H3. The second-order valence-corrected chi connectivity index (χ2v) is 8.83. The van der Waals surface area contributed by atoms with E-state index in [9.17, 15) is 0 Å². The molecule has 0 heterocycles. The third kappa shape index (κ3) is 15.0. The molecule has 26 heavy (non-hydrogen) atoms. The molecule has 0 rings (SSSR count). The molecule has 3 heteroatoms. The van der Waals surface area contributed by atoms with Crippen LogP contribution in [0, 0.1) is 11.8 Å². The zero-order valence-electron chi connectivity index (χ0n) is 18.9. The molecule has 0 fully saturated rings. The average Bonchev–Trinajstić information content (AvgIpc) is 2.58. The summed E-state index contributed by atoms with van der Waals surface area (Å²) in [6.07, 6.45) is 9.58. The van der Waals surface area contributed by atoms with Gasteiger partial charge >= 0.3 is 0 Å². The molecule has 0 bridgehead atoms. The lowest BCUT2D eigenvalue weighted by Gasteiger charge is -2.31. The highest BCUT2D eigenvalue weighted by molar-refractivity contribution is 4.76. The Balaban J connectivity index is 4.20. The molecular weight excluding hydrogens is 324 g/mol. The molecule has 0 spiro atoms. The van der Waals surface area contributed by atoms with Gasteiger partial charge in [0.05, 0.1) is 11.7 Å². The number of rotatable bonds is 18. The van der Waals surface area contributed by atoms with Gasteiger partial charge in [-0.05, 0) is 57.8 Å². The van der Waals surface area contributed by atoms with Crippen LogP contribution in [0.1, 0.15) is 99.8 Å². The summed E-state index contributed by atoms with van der Waals surface area (Å²) in [6, 6.07) is 0. The molecule has 0 aliphatic heterocycles. The summed E-state index contributed by atoms with van der Waals surface area (Å²) in [5.41, 5.74) is -0.142. The van der Waals surface area contributed by atoms with Gasteiger partial charge < -0.3 is 14.2 Å². The molecule has 0 N–H and O–H groups in total. The first-order valence-electron chi connectivity index (χ1n) is 11.1. The Morgan fingerprint density at radius 3 is 2.08 bits per heavy atom. The third-order valence-electron chi connectivity index (χ3n) is 5.24. The largest absolute Gasteiger partial charge is 0.381 e. The quantitative estimate of drug-likeness (QED) is 0.252. The molecular formula is C23H48O3. The van der Waals surface area contributed by atoms with Gasteiger partial charge in [-0.15, -0.1) is 0 Å². The second kappa shape index (κ2) is 15.9. The highest BCUT2D eigenvalue weighted by Gasteiger charge is 2.25. The fourth-order valence-electron chi connectivity index (χ4n) is 2.75. The van der Waals surface area contributed by atoms with Crippen molar-refractivity contribution in [3.8, 4) is 0 Å². The molecule has 158 valence electrons. The molecule has 0 amide bonds. The minimum Gasteiger partial charge on any atom is -0.381 e. The average molecular weight is 373 g/mol. The van der Waals surface area contributed by atoms with Gasteiger partial charge in [0.2, 0.25) is 0 Å². The fourth-order valence-corrected chi connectivity index (χ4v) is 2.75. The maximum absolute atomic E-state index is 6.31. The van der Waals surface area contributed by atoms with E-state index in [1.807, 2.05) is 0 Å². The number of hydrogen-bond acceptors (Lipinski definition) is 3. The van der Waals surface area contributed by atoms with Crippen LogP contribution in [0.3, 0.4) is 0 Å². The monoisotopic (exact) mass is 372 g/mol. The maximum Gasteiger partial charge on any atom is 0.0698 e. The lowest BCUT2D eigenvalue weighted by Crippen LogP contribution is -2.33. The van der Waals surface area contributed by atoms with Crippen molar-refractivity contribution in [2.45, 2.75) is 112 Å². The van der Waals surface area contributed by atoms with Gasteiger partial charge in [0.1, 0.15) is 0 Å². The number of unbranched alkanes of at least 4 members (excludes halogenated alkanes) is 3. The molecule has 2 unspecified atom stereocenters. The molecule has 0 aliphatic rings. The fraction of sp³-hybridized carbons (Fsp3) is 1.00. The van der Waals surface area contributed by atoms with E-state index in [0.717, 1.165) is 51.6 Å². The molecule has 0 radical (unpaired) electrons. The van der Waals surface area contributed by atoms with Gasteiger partial charge in [-0.3, -0.25) is 0 Å². The molecule has 0 aromatic rings. The van der Waals surface area contributed by atoms with Crippen molar-refractivity contribution < 1.29 is 14.2 Å². The molecule has 0 aliphatic carbocycles. The van der Waals surface area contributed by atoms with Crippen LogP contribution in [-0.4, -0.2) is 38.1 Å². The predicted molar refractivity (Wildman–Crippen MR) is 113 cm³/mol. The molecule has 0 saturated carbocycles. The van der Waals surface area contributed by atoms with Crippen molar-refractivity contribution in [2.75, 3.05) is 26.4 Å². The minimum absolute atomic E-state index is 0.142. The van der Waals surface area contributed by atoms with Crippen LogP contribution >= 0.6 is 0 Å². The molecule has 2 atom stereocenters. The lowest BCUT2D eigenvalue weighted by molar-refractivity contribution is -0.0816. The van der Waals surface area contributed by atoms with E-state index in [4.69, 9.17) is 14.2 Å². The SMILES string of the molecule is CCCCCCOCCC(C)(CCOC(C)C(C)C)OCCCC(C)C. The molecule has 0 saturated heterocycles. The Bertz CT molecular complexity index is 304. The summed E-state index contributed by atoms with van der Waals surface area (Å²) in [7, 11) is 0. The first-order valence-corrected chi connectivity index (χ1v) is 11.1. The first kappa shape index (κ1) is 25.9. The maximum atomic E-state index is 6.31. The van der Waals surface area contributed by atoms with Crippen LogP contribution in [0.25, 0.3) is 0 Å². The summed E-state index contributed by atoms with van der Waals surface area (Å²) in [5, 5.41) is 0. The van der Waals surface area contributed by atoms with Crippen LogP contribution in [0.4, 0.5) is 0 Å². The highest BCUT2D eigenvalue weighted by atomic mass is 16.5. The van der Waals surface area contributed by atoms with Crippen molar-refractivity contribution in [3.63, 3.8) is 0 Å². The van der Waals surface area contributed by atoms with Crippen molar-refractivity contribution in [1.82, 2.24) is 0 Å².